The lowest BCUT2D eigenvalue weighted by Crippen LogP contribution is -2.47. The lowest BCUT2D eigenvalue weighted by molar-refractivity contribution is -0.116. The summed E-state index contributed by atoms with van der Waals surface area (Å²) >= 11 is 0. The lowest BCUT2D eigenvalue weighted by atomic mass is 10.0. The summed E-state index contributed by atoms with van der Waals surface area (Å²) in [4.78, 5) is 29.4. The average Bonchev–Trinajstić information content (AvgIpc) is 2.79. The number of para-hydroxylation sites is 1. The highest BCUT2D eigenvalue weighted by atomic mass is 32.2. The van der Waals surface area contributed by atoms with Crippen LogP contribution >= 0.6 is 0 Å². The number of piperidine rings is 1. The molecule has 0 spiro atoms. The van der Waals surface area contributed by atoms with E-state index in [2.05, 4.69) is 10.3 Å². The van der Waals surface area contributed by atoms with Crippen LogP contribution in [0.4, 0.5) is 5.69 Å². The Morgan fingerprint density at radius 1 is 1.06 bits per heavy atom. The van der Waals surface area contributed by atoms with E-state index >= 15 is 0 Å². The molecule has 0 unspecified atom stereocenters. The Balaban J connectivity index is 1.40. The van der Waals surface area contributed by atoms with Crippen molar-refractivity contribution in [2.45, 2.75) is 63.1 Å². The summed E-state index contributed by atoms with van der Waals surface area (Å²) in [6.07, 6.45) is 4.27. The van der Waals surface area contributed by atoms with E-state index in [0.717, 1.165) is 19.3 Å². The number of benzene rings is 2. The summed E-state index contributed by atoms with van der Waals surface area (Å²) in [6.45, 7) is 4.08. The molecule has 2 atom stereocenters. The van der Waals surface area contributed by atoms with E-state index in [1.165, 1.54) is 23.0 Å². The predicted octanol–water partition coefficient (Wildman–Crippen LogP) is 3.38. The fourth-order valence-corrected chi connectivity index (χ4v) is 6.30. The highest BCUT2D eigenvalue weighted by Gasteiger charge is 2.35. The van der Waals surface area contributed by atoms with Gasteiger partial charge in [0.15, 0.2) is 0 Å². The zero-order valence-corrected chi connectivity index (χ0v) is 19.6. The zero-order valence-electron chi connectivity index (χ0n) is 18.8. The van der Waals surface area contributed by atoms with Crippen LogP contribution in [0.5, 0.6) is 0 Å². The van der Waals surface area contributed by atoms with Gasteiger partial charge in [-0.05, 0) is 63.1 Å². The molecule has 1 N–H and O–H groups in total. The van der Waals surface area contributed by atoms with Gasteiger partial charge in [0.25, 0.3) is 5.56 Å². The monoisotopic (exact) mass is 468 g/mol. The van der Waals surface area contributed by atoms with Crippen molar-refractivity contribution in [3.05, 3.63) is 65.2 Å². The first-order chi connectivity index (χ1) is 15.8. The second-order valence-corrected chi connectivity index (χ2v) is 10.4. The number of anilines is 1. The van der Waals surface area contributed by atoms with Gasteiger partial charge in [-0.25, -0.2) is 13.4 Å². The summed E-state index contributed by atoms with van der Waals surface area (Å²) in [5.74, 6) is -0.274. The van der Waals surface area contributed by atoms with Gasteiger partial charge in [0.1, 0.15) is 0 Å². The molecule has 3 aromatic rings. The lowest BCUT2D eigenvalue weighted by Gasteiger charge is -2.37. The van der Waals surface area contributed by atoms with E-state index in [0.29, 0.717) is 16.6 Å². The number of rotatable bonds is 6. The minimum absolute atomic E-state index is 0.0360. The first kappa shape index (κ1) is 23.1. The molecule has 2 heterocycles. The zero-order chi connectivity index (χ0) is 23.6. The van der Waals surface area contributed by atoms with Gasteiger partial charge in [-0.3, -0.25) is 14.2 Å². The third-order valence-corrected chi connectivity index (χ3v) is 8.28. The van der Waals surface area contributed by atoms with E-state index in [9.17, 15) is 18.0 Å². The fourth-order valence-electron chi connectivity index (χ4n) is 4.41. The van der Waals surface area contributed by atoms with Crippen molar-refractivity contribution in [1.29, 1.82) is 0 Å². The molecule has 33 heavy (non-hydrogen) atoms. The van der Waals surface area contributed by atoms with Gasteiger partial charge in [0.05, 0.1) is 22.1 Å². The fraction of sp³-hybridized carbons (Fsp3) is 0.375. The number of amides is 1. The third-order valence-electron chi connectivity index (χ3n) is 6.14. The highest BCUT2D eigenvalue weighted by molar-refractivity contribution is 7.89. The number of fused-ring (bicyclic) bond motifs is 1. The number of hydrogen-bond donors (Lipinski definition) is 1. The third kappa shape index (κ3) is 4.84. The van der Waals surface area contributed by atoms with E-state index in [1.54, 1.807) is 34.6 Å². The van der Waals surface area contributed by atoms with Crippen molar-refractivity contribution in [3.63, 3.8) is 0 Å². The van der Waals surface area contributed by atoms with Crippen LogP contribution in [-0.2, 0) is 21.4 Å². The number of nitrogens with zero attached hydrogens (tertiary/aromatic N) is 3. The molecule has 1 saturated heterocycles. The number of sulfonamides is 1. The summed E-state index contributed by atoms with van der Waals surface area (Å²) in [7, 11) is -3.60. The smallest absolute Gasteiger partial charge is 0.261 e. The molecule has 1 fully saturated rings. The molecule has 8 nitrogen and oxygen atoms in total. The number of nitrogens with one attached hydrogen (secondary N) is 1. The van der Waals surface area contributed by atoms with Crippen molar-refractivity contribution in [2.75, 3.05) is 5.32 Å². The Bertz CT molecular complexity index is 1310. The summed E-state index contributed by atoms with van der Waals surface area (Å²) in [6, 6.07) is 13.2. The standard InChI is InChI=1S/C24H28N4O4S/c1-17-6-5-7-18(2)28(17)33(31,32)20-12-10-19(11-13-20)26-23(29)14-15-27-16-25-22-9-4-3-8-21(22)24(27)30/h3-4,8-13,16-18H,5-7,14-15H2,1-2H3,(H,26,29)/t17-,18+. The summed E-state index contributed by atoms with van der Waals surface area (Å²) < 4.78 is 29.3. The van der Waals surface area contributed by atoms with Gasteiger partial charge >= 0.3 is 0 Å². The first-order valence-electron chi connectivity index (χ1n) is 11.1. The summed E-state index contributed by atoms with van der Waals surface area (Å²) in [5.41, 5.74) is 0.929. The Hall–Kier alpha value is -3.04. The molecule has 1 aliphatic heterocycles. The second-order valence-electron chi connectivity index (χ2n) is 8.55. The molecule has 0 aliphatic carbocycles. The molecule has 0 saturated carbocycles. The van der Waals surface area contributed by atoms with E-state index in [1.807, 2.05) is 19.9 Å². The Morgan fingerprint density at radius 3 is 2.42 bits per heavy atom. The SMILES string of the molecule is C[C@@H]1CCC[C@H](C)N1S(=O)(=O)c1ccc(NC(=O)CCn2cnc3ccccc3c2=O)cc1. The van der Waals surface area contributed by atoms with Gasteiger partial charge in [0, 0.05) is 30.7 Å². The minimum atomic E-state index is -3.60. The Morgan fingerprint density at radius 2 is 1.73 bits per heavy atom. The molecule has 0 radical (unpaired) electrons. The molecule has 0 bridgehead atoms. The van der Waals surface area contributed by atoms with Gasteiger partial charge in [0.2, 0.25) is 15.9 Å². The molecule has 4 rings (SSSR count). The van der Waals surface area contributed by atoms with Crippen LogP contribution in [0.15, 0.2) is 64.5 Å². The maximum absolute atomic E-state index is 13.1. The molecule has 1 aromatic heterocycles. The summed E-state index contributed by atoms with van der Waals surface area (Å²) in [5, 5.41) is 3.27. The predicted molar refractivity (Wildman–Crippen MR) is 127 cm³/mol. The molecule has 2 aromatic carbocycles. The molecule has 1 amide bonds. The average molecular weight is 469 g/mol. The second kappa shape index (κ2) is 9.44. The van der Waals surface area contributed by atoms with Gasteiger partial charge < -0.3 is 5.32 Å². The molecule has 1 aliphatic rings. The van der Waals surface area contributed by atoms with Crippen LogP contribution in [-0.4, -0.2) is 40.3 Å². The van der Waals surface area contributed by atoms with Crippen LogP contribution in [0.25, 0.3) is 10.9 Å². The molecule has 174 valence electrons. The Labute approximate surface area is 193 Å². The largest absolute Gasteiger partial charge is 0.326 e. The van der Waals surface area contributed by atoms with Crippen molar-refractivity contribution >= 4 is 32.5 Å². The van der Waals surface area contributed by atoms with Crippen molar-refractivity contribution in [3.8, 4) is 0 Å². The van der Waals surface area contributed by atoms with Crippen LogP contribution < -0.4 is 10.9 Å². The number of carbonyl (C=O) groups is 1. The first-order valence-corrected chi connectivity index (χ1v) is 12.6. The normalized spacial score (nSPS) is 19.5. The maximum Gasteiger partial charge on any atom is 0.261 e. The quantitative estimate of drug-likeness (QED) is 0.598. The number of hydrogen-bond acceptors (Lipinski definition) is 5. The van der Waals surface area contributed by atoms with E-state index < -0.39 is 10.0 Å². The number of aromatic nitrogens is 2. The van der Waals surface area contributed by atoms with Gasteiger partial charge in [-0.15, -0.1) is 0 Å². The molecular weight excluding hydrogens is 440 g/mol. The van der Waals surface area contributed by atoms with Crippen molar-refractivity contribution in [1.82, 2.24) is 13.9 Å². The van der Waals surface area contributed by atoms with Crippen LogP contribution in [0.1, 0.15) is 39.5 Å². The maximum atomic E-state index is 13.1. The van der Waals surface area contributed by atoms with Crippen LogP contribution in [0.3, 0.4) is 0 Å². The number of aryl methyl sites for hydroxylation is 1. The van der Waals surface area contributed by atoms with Gasteiger partial charge in [-0.2, -0.15) is 4.31 Å². The minimum Gasteiger partial charge on any atom is -0.326 e. The van der Waals surface area contributed by atoms with Crippen molar-refractivity contribution < 1.29 is 13.2 Å². The highest BCUT2D eigenvalue weighted by Crippen LogP contribution is 2.30. The topological polar surface area (TPSA) is 101 Å². The van der Waals surface area contributed by atoms with E-state index in [4.69, 9.17) is 0 Å². The molecule has 9 heteroatoms. The van der Waals surface area contributed by atoms with E-state index in [-0.39, 0.29) is 41.4 Å². The van der Waals surface area contributed by atoms with Crippen LogP contribution in [0.2, 0.25) is 0 Å². The number of carbonyl (C=O) groups excluding carboxylic acids is 1. The molecular formula is C24H28N4O4S. The Kier molecular flexibility index (Phi) is 6.62. The van der Waals surface area contributed by atoms with Gasteiger partial charge in [-0.1, -0.05) is 18.6 Å². The van der Waals surface area contributed by atoms with Crippen molar-refractivity contribution in [2.24, 2.45) is 0 Å². The van der Waals surface area contributed by atoms with Crippen LogP contribution in [0, 0.1) is 0 Å².